The molecular formula is C12H28N2O2S. The van der Waals surface area contributed by atoms with E-state index in [1.807, 2.05) is 7.05 Å². The van der Waals surface area contributed by atoms with Crippen molar-refractivity contribution >= 4 is 9.84 Å². The van der Waals surface area contributed by atoms with Crippen LogP contribution < -0.4 is 5.32 Å². The zero-order valence-corrected chi connectivity index (χ0v) is 12.7. The third kappa shape index (κ3) is 8.57. The number of nitrogens with zero attached hydrogens (tertiary/aromatic N) is 1. The van der Waals surface area contributed by atoms with Gasteiger partial charge in [0, 0.05) is 19.6 Å². The van der Waals surface area contributed by atoms with Crippen molar-refractivity contribution < 1.29 is 8.42 Å². The number of sulfone groups is 1. The Morgan fingerprint density at radius 3 is 2.18 bits per heavy atom. The van der Waals surface area contributed by atoms with Crippen molar-refractivity contribution in [3.8, 4) is 0 Å². The second kappa shape index (κ2) is 8.06. The van der Waals surface area contributed by atoms with E-state index < -0.39 is 9.84 Å². The Balaban J connectivity index is 3.70. The molecule has 0 spiro atoms. The quantitative estimate of drug-likeness (QED) is 0.631. The Morgan fingerprint density at radius 2 is 1.71 bits per heavy atom. The van der Waals surface area contributed by atoms with Gasteiger partial charge < -0.3 is 10.2 Å². The van der Waals surface area contributed by atoms with Crippen LogP contribution in [0.25, 0.3) is 0 Å². The highest BCUT2D eigenvalue weighted by Crippen LogP contribution is 2.00. The molecule has 0 saturated heterocycles. The van der Waals surface area contributed by atoms with Crippen LogP contribution in [-0.4, -0.2) is 57.5 Å². The minimum atomic E-state index is -2.90. The average molecular weight is 264 g/mol. The summed E-state index contributed by atoms with van der Waals surface area (Å²) in [7, 11) is -0.934. The summed E-state index contributed by atoms with van der Waals surface area (Å²) in [4.78, 5) is 2.06. The van der Waals surface area contributed by atoms with Gasteiger partial charge in [0.05, 0.1) is 11.0 Å². The van der Waals surface area contributed by atoms with Gasteiger partial charge in [-0.3, -0.25) is 0 Å². The number of likely N-dealkylation sites (N-methyl/N-ethyl adjacent to an activating group) is 1. The van der Waals surface area contributed by atoms with Gasteiger partial charge in [0.15, 0.2) is 9.84 Å². The van der Waals surface area contributed by atoms with Crippen molar-refractivity contribution in [2.45, 2.75) is 32.9 Å². The maximum Gasteiger partial charge on any atom is 0.153 e. The first-order valence-corrected chi connectivity index (χ1v) is 8.08. The van der Waals surface area contributed by atoms with Crippen LogP contribution in [0.5, 0.6) is 0 Å². The molecule has 5 heteroatoms. The van der Waals surface area contributed by atoms with Crippen molar-refractivity contribution in [3.63, 3.8) is 0 Å². The second-order valence-corrected chi connectivity index (χ2v) is 7.99. The van der Waals surface area contributed by atoms with E-state index in [0.29, 0.717) is 12.5 Å². The van der Waals surface area contributed by atoms with Gasteiger partial charge in [-0.05, 0) is 33.4 Å². The van der Waals surface area contributed by atoms with Crippen LogP contribution in [0.3, 0.4) is 0 Å². The van der Waals surface area contributed by atoms with E-state index in [1.54, 1.807) is 13.8 Å². The van der Waals surface area contributed by atoms with Crippen LogP contribution in [0.15, 0.2) is 0 Å². The van der Waals surface area contributed by atoms with Gasteiger partial charge in [0.2, 0.25) is 0 Å². The maximum absolute atomic E-state index is 11.6. The number of nitrogens with one attached hydrogen (secondary N) is 1. The van der Waals surface area contributed by atoms with E-state index in [-0.39, 0.29) is 11.0 Å². The molecule has 0 rings (SSSR count). The normalized spacial score (nSPS) is 12.9. The van der Waals surface area contributed by atoms with Gasteiger partial charge in [-0.1, -0.05) is 13.8 Å². The summed E-state index contributed by atoms with van der Waals surface area (Å²) >= 11 is 0. The first-order valence-electron chi connectivity index (χ1n) is 6.36. The monoisotopic (exact) mass is 264 g/mol. The van der Waals surface area contributed by atoms with E-state index >= 15 is 0 Å². The standard InChI is InChI=1S/C12H28N2O2S/c1-11(2)10-13-6-7-14(5)8-9-17(15,16)12(3)4/h11-13H,6-10H2,1-5H3. The summed E-state index contributed by atoms with van der Waals surface area (Å²) in [5, 5.41) is 3.08. The van der Waals surface area contributed by atoms with Gasteiger partial charge in [-0.15, -0.1) is 0 Å². The van der Waals surface area contributed by atoms with Crippen LogP contribution in [0.4, 0.5) is 0 Å². The Kier molecular flexibility index (Phi) is 8.00. The molecule has 0 amide bonds. The predicted molar refractivity (Wildman–Crippen MR) is 74.1 cm³/mol. The number of hydrogen-bond donors (Lipinski definition) is 1. The molecule has 0 aromatic carbocycles. The van der Waals surface area contributed by atoms with Gasteiger partial charge in [-0.25, -0.2) is 8.42 Å². The van der Waals surface area contributed by atoms with E-state index in [1.165, 1.54) is 0 Å². The van der Waals surface area contributed by atoms with Crippen molar-refractivity contribution in [1.82, 2.24) is 10.2 Å². The lowest BCUT2D eigenvalue weighted by molar-refractivity contribution is 0.345. The Bertz CT molecular complexity index is 287. The smallest absolute Gasteiger partial charge is 0.153 e. The summed E-state index contributed by atoms with van der Waals surface area (Å²) in [5.41, 5.74) is 0. The fraction of sp³-hybridized carbons (Fsp3) is 1.00. The molecule has 0 unspecified atom stereocenters. The Labute approximate surface area is 107 Å². The third-order valence-electron chi connectivity index (χ3n) is 2.70. The summed E-state index contributed by atoms with van der Waals surface area (Å²) in [6, 6.07) is 0. The Morgan fingerprint density at radius 1 is 1.12 bits per heavy atom. The molecule has 17 heavy (non-hydrogen) atoms. The van der Waals surface area contributed by atoms with E-state index in [0.717, 1.165) is 19.6 Å². The van der Waals surface area contributed by atoms with Crippen molar-refractivity contribution in [2.24, 2.45) is 5.92 Å². The molecule has 0 aromatic rings. The van der Waals surface area contributed by atoms with Crippen LogP contribution in [0, 0.1) is 5.92 Å². The topological polar surface area (TPSA) is 49.4 Å². The van der Waals surface area contributed by atoms with Crippen molar-refractivity contribution in [3.05, 3.63) is 0 Å². The molecule has 0 aliphatic rings. The van der Waals surface area contributed by atoms with Crippen LogP contribution in [0.2, 0.25) is 0 Å². The number of hydrogen-bond acceptors (Lipinski definition) is 4. The predicted octanol–water partition coefficient (Wildman–Crippen LogP) is 0.987. The fourth-order valence-electron chi connectivity index (χ4n) is 1.29. The summed E-state index contributed by atoms with van der Waals surface area (Å²) in [6.07, 6.45) is 0. The zero-order valence-electron chi connectivity index (χ0n) is 11.9. The van der Waals surface area contributed by atoms with Crippen LogP contribution in [0.1, 0.15) is 27.7 Å². The highest BCUT2D eigenvalue weighted by Gasteiger charge is 2.16. The summed E-state index contributed by atoms with van der Waals surface area (Å²) in [5.74, 6) is 0.910. The molecule has 104 valence electrons. The van der Waals surface area contributed by atoms with E-state index in [4.69, 9.17) is 0 Å². The van der Waals surface area contributed by atoms with E-state index in [2.05, 4.69) is 24.1 Å². The SMILES string of the molecule is CC(C)CNCCN(C)CCS(=O)(=O)C(C)C. The van der Waals surface area contributed by atoms with E-state index in [9.17, 15) is 8.42 Å². The van der Waals surface area contributed by atoms with Crippen LogP contribution in [-0.2, 0) is 9.84 Å². The minimum absolute atomic E-state index is 0.255. The van der Waals surface area contributed by atoms with Crippen molar-refractivity contribution in [2.75, 3.05) is 39.0 Å². The molecule has 1 N–H and O–H groups in total. The molecule has 0 aromatic heterocycles. The first-order chi connectivity index (χ1) is 7.75. The average Bonchev–Trinajstić information content (AvgIpc) is 2.21. The molecule has 0 bridgehead atoms. The fourth-order valence-corrected chi connectivity index (χ4v) is 2.33. The zero-order chi connectivity index (χ0) is 13.5. The summed E-state index contributed by atoms with van der Waals surface area (Å²) in [6.45, 7) is 11.2. The molecular weight excluding hydrogens is 236 g/mol. The highest BCUT2D eigenvalue weighted by molar-refractivity contribution is 7.92. The molecule has 4 nitrogen and oxygen atoms in total. The lowest BCUT2D eigenvalue weighted by Gasteiger charge is -2.18. The molecule has 0 fully saturated rings. The lowest BCUT2D eigenvalue weighted by Crippen LogP contribution is -2.34. The first kappa shape index (κ1) is 16.9. The van der Waals surface area contributed by atoms with Gasteiger partial charge in [0.1, 0.15) is 0 Å². The minimum Gasteiger partial charge on any atom is -0.315 e. The molecule has 0 radical (unpaired) electrons. The molecule has 0 aliphatic carbocycles. The molecule has 0 atom stereocenters. The van der Waals surface area contributed by atoms with Gasteiger partial charge in [0.25, 0.3) is 0 Å². The molecule has 0 aliphatic heterocycles. The maximum atomic E-state index is 11.6. The number of rotatable bonds is 9. The summed E-state index contributed by atoms with van der Waals surface area (Å²) < 4.78 is 23.2. The molecule has 0 heterocycles. The lowest BCUT2D eigenvalue weighted by atomic mass is 10.2. The largest absolute Gasteiger partial charge is 0.315 e. The third-order valence-corrected chi connectivity index (χ3v) is 4.89. The second-order valence-electron chi connectivity index (χ2n) is 5.32. The van der Waals surface area contributed by atoms with Gasteiger partial charge >= 0.3 is 0 Å². The van der Waals surface area contributed by atoms with Gasteiger partial charge in [-0.2, -0.15) is 0 Å². The van der Waals surface area contributed by atoms with Crippen LogP contribution >= 0.6 is 0 Å². The van der Waals surface area contributed by atoms with Crippen molar-refractivity contribution in [1.29, 1.82) is 0 Å². The molecule has 0 saturated carbocycles. The Hall–Kier alpha value is -0.130. The highest BCUT2D eigenvalue weighted by atomic mass is 32.2.